The summed E-state index contributed by atoms with van der Waals surface area (Å²) >= 11 is 0. The number of methoxy groups -OCH3 is 1. The maximum absolute atomic E-state index is 13.2. The number of hydrogen-bond acceptors (Lipinski definition) is 6. The zero-order valence-corrected chi connectivity index (χ0v) is 24.6. The molecule has 0 spiro atoms. The first-order valence-corrected chi connectivity index (χ1v) is 15.2. The lowest BCUT2D eigenvalue weighted by Gasteiger charge is -2.26. The molecule has 4 rings (SSSR count). The fraction of sp³-hybridized carbons (Fsp3) is 0.533. The summed E-state index contributed by atoms with van der Waals surface area (Å²) in [4.78, 5) is 30.2. The van der Waals surface area contributed by atoms with Crippen LogP contribution in [0.3, 0.4) is 0 Å². The minimum Gasteiger partial charge on any atom is -0.497 e. The van der Waals surface area contributed by atoms with Crippen LogP contribution in [0.1, 0.15) is 66.0 Å². The Labute approximate surface area is 233 Å². The second kappa shape index (κ2) is 12.2. The molecule has 1 aliphatic carbocycles. The third-order valence-electron chi connectivity index (χ3n) is 8.07. The monoisotopic (exact) mass is 555 g/mol. The number of ether oxygens (including phenoxy) is 1. The molecule has 1 saturated heterocycles. The molecule has 0 bridgehead atoms. The molecular weight excluding hydrogens is 514 g/mol. The van der Waals surface area contributed by atoms with Crippen molar-refractivity contribution < 1.29 is 22.7 Å². The SMILES string of the molecule is COc1cc(C)c(S(=O)(=O)N(C)CC(=O)CCC(=O)N(C)C2CCc3cc(CN4CCCC4)ccc32)c(C)c1. The Morgan fingerprint density at radius 2 is 1.69 bits per heavy atom. The third kappa shape index (κ3) is 6.53. The highest BCUT2D eigenvalue weighted by Crippen LogP contribution is 2.36. The molecule has 2 aliphatic rings. The summed E-state index contributed by atoms with van der Waals surface area (Å²) in [5, 5.41) is 0. The number of benzene rings is 2. The van der Waals surface area contributed by atoms with Crippen molar-refractivity contribution in [2.75, 3.05) is 40.8 Å². The summed E-state index contributed by atoms with van der Waals surface area (Å²) in [7, 11) is 0.859. The van der Waals surface area contributed by atoms with Gasteiger partial charge >= 0.3 is 0 Å². The summed E-state index contributed by atoms with van der Waals surface area (Å²) in [5.74, 6) is 0.192. The molecule has 0 saturated carbocycles. The largest absolute Gasteiger partial charge is 0.497 e. The second-order valence-electron chi connectivity index (χ2n) is 11.0. The van der Waals surface area contributed by atoms with Gasteiger partial charge in [-0.2, -0.15) is 4.31 Å². The number of fused-ring (bicyclic) bond motifs is 1. The lowest BCUT2D eigenvalue weighted by molar-refractivity contribution is -0.134. The minimum atomic E-state index is -3.87. The number of sulfonamides is 1. The van der Waals surface area contributed by atoms with Gasteiger partial charge in [-0.25, -0.2) is 8.42 Å². The van der Waals surface area contributed by atoms with Gasteiger partial charge in [-0.1, -0.05) is 18.2 Å². The van der Waals surface area contributed by atoms with Crippen LogP contribution in [0.15, 0.2) is 35.2 Å². The van der Waals surface area contributed by atoms with Crippen LogP contribution in [-0.2, 0) is 32.6 Å². The molecule has 0 aromatic heterocycles. The van der Waals surface area contributed by atoms with Crippen LogP contribution >= 0.6 is 0 Å². The second-order valence-corrected chi connectivity index (χ2v) is 12.9. The zero-order chi connectivity index (χ0) is 28.3. The van der Waals surface area contributed by atoms with E-state index in [-0.39, 0.29) is 42.0 Å². The summed E-state index contributed by atoms with van der Waals surface area (Å²) in [6.45, 7) is 6.45. The van der Waals surface area contributed by atoms with Gasteiger partial charge in [0.05, 0.1) is 24.6 Å². The van der Waals surface area contributed by atoms with Crippen LogP contribution in [0.25, 0.3) is 0 Å². The van der Waals surface area contributed by atoms with E-state index < -0.39 is 10.0 Å². The quantitative estimate of drug-likeness (QED) is 0.416. The normalized spacial score (nSPS) is 17.4. The Bertz CT molecular complexity index is 1310. The molecule has 1 amide bonds. The van der Waals surface area contributed by atoms with E-state index in [0.717, 1.165) is 36.8 Å². The molecule has 0 radical (unpaired) electrons. The summed E-state index contributed by atoms with van der Waals surface area (Å²) in [6, 6.07) is 9.97. The first-order chi connectivity index (χ1) is 18.5. The van der Waals surface area contributed by atoms with Crippen molar-refractivity contribution in [3.05, 3.63) is 58.1 Å². The Kier molecular flexibility index (Phi) is 9.14. The van der Waals surface area contributed by atoms with Gasteiger partial charge in [0, 0.05) is 33.5 Å². The molecule has 1 atom stereocenters. The molecule has 1 unspecified atom stereocenters. The van der Waals surface area contributed by atoms with Gasteiger partial charge in [-0.15, -0.1) is 0 Å². The molecule has 8 nitrogen and oxygen atoms in total. The molecule has 2 aromatic rings. The molecule has 2 aromatic carbocycles. The van der Waals surface area contributed by atoms with E-state index in [1.165, 1.54) is 43.7 Å². The number of aryl methyl sites for hydroxylation is 3. The van der Waals surface area contributed by atoms with Gasteiger partial charge in [0.1, 0.15) is 11.5 Å². The first kappa shape index (κ1) is 29.2. The number of carbonyl (C=O) groups is 2. The fourth-order valence-electron chi connectivity index (χ4n) is 5.95. The van der Waals surface area contributed by atoms with Crippen LogP contribution < -0.4 is 4.74 Å². The molecular formula is C30H41N3O5S. The standard InChI is InChI=1S/C30H41N3O5S/c1-21-16-26(38-5)17-22(2)30(21)39(36,37)31(3)20-25(34)10-13-29(35)32(4)28-12-9-24-18-23(8-11-27(24)28)19-33-14-6-7-15-33/h8,11,16-18,28H,6-7,9-10,12-15,19-20H2,1-5H3. The average Bonchev–Trinajstić information content (AvgIpc) is 3.55. The van der Waals surface area contributed by atoms with Crippen molar-refractivity contribution in [2.24, 2.45) is 0 Å². The topological polar surface area (TPSA) is 87.2 Å². The summed E-state index contributed by atoms with van der Waals surface area (Å²) < 4.78 is 32.7. The van der Waals surface area contributed by atoms with E-state index in [1.54, 1.807) is 37.9 Å². The fourth-order valence-corrected chi connectivity index (χ4v) is 7.51. The molecule has 1 aliphatic heterocycles. The first-order valence-electron chi connectivity index (χ1n) is 13.7. The number of nitrogens with zero attached hydrogens (tertiary/aromatic N) is 3. The van der Waals surface area contributed by atoms with Crippen LogP contribution in [0.5, 0.6) is 5.75 Å². The molecule has 212 valence electrons. The van der Waals surface area contributed by atoms with E-state index in [1.807, 2.05) is 0 Å². The van der Waals surface area contributed by atoms with E-state index in [9.17, 15) is 18.0 Å². The van der Waals surface area contributed by atoms with Gasteiger partial charge in [0.25, 0.3) is 0 Å². The Hall–Kier alpha value is -2.75. The maximum atomic E-state index is 13.2. The van der Waals surface area contributed by atoms with Crippen LogP contribution in [0.4, 0.5) is 0 Å². The average molecular weight is 556 g/mol. The van der Waals surface area contributed by atoms with Crippen molar-refractivity contribution in [2.45, 2.75) is 69.9 Å². The highest BCUT2D eigenvalue weighted by molar-refractivity contribution is 7.89. The zero-order valence-electron chi connectivity index (χ0n) is 23.8. The van der Waals surface area contributed by atoms with Crippen LogP contribution in [-0.4, -0.2) is 75.1 Å². The van der Waals surface area contributed by atoms with Gasteiger partial charge < -0.3 is 9.64 Å². The van der Waals surface area contributed by atoms with Crippen LogP contribution in [0, 0.1) is 13.8 Å². The maximum Gasteiger partial charge on any atom is 0.243 e. The third-order valence-corrected chi connectivity index (χ3v) is 10.2. The molecule has 0 N–H and O–H groups in total. The van der Waals surface area contributed by atoms with Crippen molar-refractivity contribution in [3.63, 3.8) is 0 Å². The van der Waals surface area contributed by atoms with Gasteiger partial charge in [-0.05, 0) is 92.6 Å². The predicted octanol–water partition coefficient (Wildman–Crippen LogP) is 4.02. The smallest absolute Gasteiger partial charge is 0.243 e. The highest BCUT2D eigenvalue weighted by atomic mass is 32.2. The summed E-state index contributed by atoms with van der Waals surface area (Å²) in [5.41, 5.74) is 4.95. The number of hydrogen-bond donors (Lipinski definition) is 0. The van der Waals surface area contributed by atoms with E-state index in [0.29, 0.717) is 16.9 Å². The number of ketones is 1. The number of likely N-dealkylation sites (N-methyl/N-ethyl adjacent to an activating group) is 1. The Morgan fingerprint density at radius 3 is 2.33 bits per heavy atom. The lowest BCUT2D eigenvalue weighted by atomic mass is 10.0. The highest BCUT2D eigenvalue weighted by Gasteiger charge is 2.30. The molecule has 9 heteroatoms. The number of carbonyl (C=O) groups excluding carboxylic acids is 2. The van der Waals surface area contributed by atoms with E-state index in [2.05, 4.69) is 23.1 Å². The number of Topliss-reactive ketones (excluding diaryl/α,β-unsaturated/α-hetero) is 1. The van der Waals surface area contributed by atoms with E-state index in [4.69, 9.17) is 4.74 Å². The Morgan fingerprint density at radius 1 is 1.03 bits per heavy atom. The number of amides is 1. The number of rotatable bonds is 11. The van der Waals surface area contributed by atoms with Crippen LogP contribution in [0.2, 0.25) is 0 Å². The molecule has 1 fully saturated rings. The van der Waals surface area contributed by atoms with E-state index >= 15 is 0 Å². The van der Waals surface area contributed by atoms with Crippen molar-refractivity contribution in [1.29, 1.82) is 0 Å². The van der Waals surface area contributed by atoms with Gasteiger partial charge in [0.15, 0.2) is 0 Å². The summed E-state index contributed by atoms with van der Waals surface area (Å²) in [6.07, 6.45) is 4.42. The lowest BCUT2D eigenvalue weighted by Crippen LogP contribution is -2.34. The van der Waals surface area contributed by atoms with Crippen molar-refractivity contribution in [3.8, 4) is 5.75 Å². The molecule has 1 heterocycles. The Balaban J connectivity index is 1.32. The number of likely N-dealkylation sites (tertiary alicyclic amines) is 1. The minimum absolute atomic E-state index is 0.00202. The van der Waals surface area contributed by atoms with Crippen molar-refractivity contribution in [1.82, 2.24) is 14.1 Å². The van der Waals surface area contributed by atoms with Gasteiger partial charge in [-0.3, -0.25) is 14.5 Å². The molecule has 39 heavy (non-hydrogen) atoms. The van der Waals surface area contributed by atoms with Crippen molar-refractivity contribution >= 4 is 21.7 Å². The van der Waals surface area contributed by atoms with Gasteiger partial charge in [0.2, 0.25) is 15.9 Å². The predicted molar refractivity (Wildman–Crippen MR) is 151 cm³/mol.